The Hall–Kier alpha value is -2.45. The molecule has 0 unspecified atom stereocenters. The topological polar surface area (TPSA) is 36.3 Å². The third-order valence-corrected chi connectivity index (χ3v) is 5.33. The lowest BCUT2D eigenvalue weighted by Gasteiger charge is -2.33. The van der Waals surface area contributed by atoms with Crippen molar-refractivity contribution in [1.82, 2.24) is 0 Å². The first kappa shape index (κ1) is 16.0. The summed E-state index contributed by atoms with van der Waals surface area (Å²) in [6.07, 6.45) is 0.743. The van der Waals surface area contributed by atoms with Crippen LogP contribution in [0.2, 0.25) is 0 Å². The van der Waals surface area contributed by atoms with E-state index in [1.165, 1.54) is 5.56 Å². The third kappa shape index (κ3) is 2.77. The van der Waals surface area contributed by atoms with Crippen molar-refractivity contribution in [2.24, 2.45) is 5.92 Å². The predicted octanol–water partition coefficient (Wildman–Crippen LogP) is 3.85. The molecule has 2 aliphatic rings. The van der Waals surface area contributed by atoms with Crippen molar-refractivity contribution in [2.45, 2.75) is 18.4 Å². The Kier molecular flexibility index (Phi) is 4.14. The van der Waals surface area contributed by atoms with Gasteiger partial charge in [-0.3, -0.25) is 0 Å². The molecule has 0 spiro atoms. The summed E-state index contributed by atoms with van der Waals surface area (Å²) >= 11 is 0. The van der Waals surface area contributed by atoms with E-state index in [9.17, 15) is 8.78 Å². The van der Waals surface area contributed by atoms with E-state index in [1.807, 2.05) is 23.1 Å². The highest BCUT2D eigenvalue weighted by atomic mass is 19.1. The van der Waals surface area contributed by atoms with Gasteiger partial charge in [0.15, 0.2) is 11.6 Å². The van der Waals surface area contributed by atoms with E-state index in [0.717, 1.165) is 18.6 Å². The molecule has 0 radical (unpaired) electrons. The lowest BCUT2D eigenvalue weighted by atomic mass is 9.84. The fourth-order valence-electron chi connectivity index (χ4n) is 4.22. The van der Waals surface area contributed by atoms with Gasteiger partial charge in [0.05, 0.1) is 18.2 Å². The molecule has 2 fully saturated rings. The van der Waals surface area contributed by atoms with Gasteiger partial charge in [0.25, 0.3) is 0 Å². The zero-order chi connectivity index (χ0) is 17.4. The SMILES string of the molecule is N#Cc1cc(F)c(N2C[C@H](c3ccccc3)[C@H]3COCC[C@H]32)c(F)c1. The quantitative estimate of drug-likeness (QED) is 0.833. The molecular weight excluding hydrogens is 322 g/mol. The van der Waals surface area contributed by atoms with Crippen molar-refractivity contribution in [3.8, 4) is 6.07 Å². The first-order valence-electron chi connectivity index (χ1n) is 8.47. The zero-order valence-electron chi connectivity index (χ0n) is 13.7. The molecule has 2 aromatic carbocycles. The standard InChI is InChI=1S/C20H18F2N2O/c21-17-8-13(10-23)9-18(22)20(17)24-11-15(14-4-2-1-3-5-14)16-12-25-7-6-19(16)24/h1-5,8-9,15-16,19H,6-7,11-12H2/t15-,16-,19-/m1/s1. The fourth-order valence-corrected chi connectivity index (χ4v) is 4.22. The maximum atomic E-state index is 14.6. The summed E-state index contributed by atoms with van der Waals surface area (Å²) in [7, 11) is 0. The van der Waals surface area contributed by atoms with Crippen LogP contribution in [0.5, 0.6) is 0 Å². The monoisotopic (exact) mass is 340 g/mol. The molecule has 4 rings (SSSR count). The Morgan fingerprint density at radius 2 is 1.84 bits per heavy atom. The van der Waals surface area contributed by atoms with Crippen LogP contribution in [0.25, 0.3) is 0 Å². The normalized spacial score (nSPS) is 25.5. The average Bonchev–Trinajstić information content (AvgIpc) is 3.01. The Labute approximate surface area is 145 Å². The summed E-state index contributed by atoms with van der Waals surface area (Å²) in [6.45, 7) is 1.74. The molecule has 0 aromatic heterocycles. The molecule has 128 valence electrons. The third-order valence-electron chi connectivity index (χ3n) is 5.33. The number of ether oxygens (including phenoxy) is 1. The van der Waals surface area contributed by atoms with Crippen LogP contribution in [0.3, 0.4) is 0 Å². The van der Waals surface area contributed by atoms with E-state index in [4.69, 9.17) is 10.00 Å². The van der Waals surface area contributed by atoms with E-state index in [1.54, 1.807) is 6.07 Å². The number of hydrogen-bond donors (Lipinski definition) is 0. The molecule has 3 nitrogen and oxygen atoms in total. The second kappa shape index (κ2) is 6.45. The van der Waals surface area contributed by atoms with Gasteiger partial charge in [0.1, 0.15) is 5.69 Å². The number of fused-ring (bicyclic) bond motifs is 1. The molecule has 0 bridgehead atoms. The highest BCUT2D eigenvalue weighted by molar-refractivity contribution is 5.55. The number of anilines is 1. The minimum absolute atomic E-state index is 0.00100. The van der Waals surface area contributed by atoms with Crippen LogP contribution in [0, 0.1) is 28.9 Å². The molecular formula is C20H18F2N2O. The van der Waals surface area contributed by atoms with Gasteiger partial charge >= 0.3 is 0 Å². The first-order valence-corrected chi connectivity index (χ1v) is 8.47. The summed E-state index contributed by atoms with van der Waals surface area (Å²) in [6, 6.07) is 14.1. The summed E-state index contributed by atoms with van der Waals surface area (Å²) in [5, 5.41) is 8.91. The Balaban J connectivity index is 1.74. The van der Waals surface area contributed by atoms with Crippen LogP contribution in [0.15, 0.2) is 42.5 Å². The Morgan fingerprint density at radius 1 is 1.12 bits per heavy atom. The van der Waals surface area contributed by atoms with Crippen molar-refractivity contribution in [3.05, 3.63) is 65.2 Å². The second-order valence-corrected chi connectivity index (χ2v) is 6.66. The van der Waals surface area contributed by atoms with E-state index < -0.39 is 11.6 Å². The number of rotatable bonds is 2. The van der Waals surface area contributed by atoms with Gasteiger partial charge in [-0.2, -0.15) is 5.26 Å². The predicted molar refractivity (Wildman–Crippen MR) is 90.3 cm³/mol. The van der Waals surface area contributed by atoms with Crippen LogP contribution >= 0.6 is 0 Å². The molecule has 0 aliphatic carbocycles. The van der Waals surface area contributed by atoms with Crippen molar-refractivity contribution in [2.75, 3.05) is 24.7 Å². The molecule has 2 heterocycles. The maximum Gasteiger partial charge on any atom is 0.150 e. The molecule has 25 heavy (non-hydrogen) atoms. The zero-order valence-corrected chi connectivity index (χ0v) is 13.7. The van der Waals surface area contributed by atoms with Crippen LogP contribution in [-0.4, -0.2) is 25.8 Å². The van der Waals surface area contributed by atoms with Crippen molar-refractivity contribution >= 4 is 5.69 Å². The number of nitriles is 1. The highest BCUT2D eigenvalue weighted by Crippen LogP contribution is 2.44. The smallest absolute Gasteiger partial charge is 0.150 e. The van der Waals surface area contributed by atoms with E-state index in [2.05, 4.69) is 12.1 Å². The average molecular weight is 340 g/mol. The van der Waals surface area contributed by atoms with E-state index >= 15 is 0 Å². The van der Waals surface area contributed by atoms with Gasteiger partial charge in [-0.1, -0.05) is 30.3 Å². The van der Waals surface area contributed by atoms with Gasteiger partial charge in [0, 0.05) is 31.0 Å². The van der Waals surface area contributed by atoms with Crippen molar-refractivity contribution in [3.63, 3.8) is 0 Å². The van der Waals surface area contributed by atoms with Crippen LogP contribution in [0.4, 0.5) is 14.5 Å². The number of hydrogen-bond acceptors (Lipinski definition) is 3. The second-order valence-electron chi connectivity index (χ2n) is 6.66. The molecule has 2 aliphatic heterocycles. The largest absolute Gasteiger partial charge is 0.381 e. The van der Waals surface area contributed by atoms with Crippen LogP contribution in [-0.2, 0) is 4.74 Å². The Bertz CT molecular complexity index is 795. The lowest BCUT2D eigenvalue weighted by Crippen LogP contribution is -2.39. The molecule has 0 saturated carbocycles. The molecule has 0 N–H and O–H groups in total. The minimum Gasteiger partial charge on any atom is -0.381 e. The summed E-state index contributed by atoms with van der Waals surface area (Å²) in [4.78, 5) is 1.84. The van der Waals surface area contributed by atoms with Gasteiger partial charge in [-0.25, -0.2) is 8.78 Å². The maximum absolute atomic E-state index is 14.6. The minimum atomic E-state index is -0.671. The Morgan fingerprint density at radius 3 is 2.52 bits per heavy atom. The van der Waals surface area contributed by atoms with Crippen LogP contribution in [0.1, 0.15) is 23.5 Å². The number of benzene rings is 2. The first-order chi connectivity index (χ1) is 12.2. The summed E-state index contributed by atoms with van der Waals surface area (Å²) in [5.74, 6) is -0.974. The summed E-state index contributed by atoms with van der Waals surface area (Å²) < 4.78 is 34.8. The van der Waals surface area contributed by atoms with Crippen molar-refractivity contribution < 1.29 is 13.5 Å². The molecule has 5 heteroatoms. The number of halogens is 2. The molecule has 0 amide bonds. The van der Waals surface area contributed by atoms with Crippen molar-refractivity contribution in [1.29, 1.82) is 5.26 Å². The molecule has 3 atom stereocenters. The highest BCUT2D eigenvalue weighted by Gasteiger charge is 2.45. The fraction of sp³-hybridized carbons (Fsp3) is 0.350. The lowest BCUT2D eigenvalue weighted by molar-refractivity contribution is 0.0461. The molecule has 2 saturated heterocycles. The van der Waals surface area contributed by atoms with Gasteiger partial charge in [-0.15, -0.1) is 0 Å². The van der Waals surface area contributed by atoms with Gasteiger partial charge < -0.3 is 9.64 Å². The van der Waals surface area contributed by atoms with E-state index in [0.29, 0.717) is 19.8 Å². The molecule has 2 aromatic rings. The van der Waals surface area contributed by atoms with Gasteiger partial charge in [-0.05, 0) is 24.1 Å². The van der Waals surface area contributed by atoms with Gasteiger partial charge in [0.2, 0.25) is 0 Å². The van der Waals surface area contributed by atoms with E-state index in [-0.39, 0.29) is 29.1 Å². The number of nitrogens with zero attached hydrogens (tertiary/aromatic N) is 2. The van der Waals surface area contributed by atoms with Crippen LogP contribution < -0.4 is 4.90 Å². The summed E-state index contributed by atoms with van der Waals surface area (Å²) in [5.41, 5.74) is 1.15.